The van der Waals surface area contributed by atoms with Crippen molar-refractivity contribution >= 4 is 55.6 Å². The number of rotatable bonds is 6. The van der Waals surface area contributed by atoms with Crippen molar-refractivity contribution in [2.45, 2.75) is 6.61 Å². The van der Waals surface area contributed by atoms with Gasteiger partial charge in [0.05, 0.1) is 21.6 Å². The van der Waals surface area contributed by atoms with Crippen LogP contribution in [-0.4, -0.2) is 15.9 Å². The molecule has 0 bridgehead atoms. The third kappa shape index (κ3) is 5.21. The second-order valence-corrected chi connectivity index (χ2v) is 10.0. The molecule has 0 amide bonds. The number of aromatic nitrogens is 2. The number of furan rings is 1. The predicted molar refractivity (Wildman–Crippen MR) is 154 cm³/mol. The minimum atomic E-state index is -0.330. The molecular weight excluding hydrogens is 585 g/mol. The Labute approximate surface area is 235 Å². The van der Waals surface area contributed by atoms with Gasteiger partial charge in [0.25, 0.3) is 5.56 Å². The second kappa shape index (κ2) is 10.5. The highest BCUT2D eigenvalue weighted by Gasteiger charge is 2.16. The van der Waals surface area contributed by atoms with Crippen molar-refractivity contribution in [3.05, 3.63) is 128 Å². The van der Waals surface area contributed by atoms with Crippen molar-refractivity contribution in [2.24, 2.45) is 5.10 Å². The maximum absolute atomic E-state index is 13.5. The molecule has 0 fully saturated rings. The summed E-state index contributed by atoms with van der Waals surface area (Å²) >= 11 is 9.67. The van der Waals surface area contributed by atoms with Gasteiger partial charge in [-0.2, -0.15) is 9.78 Å². The van der Waals surface area contributed by atoms with Crippen molar-refractivity contribution in [1.29, 1.82) is 0 Å². The summed E-state index contributed by atoms with van der Waals surface area (Å²) in [6.45, 7) is 0.288. The van der Waals surface area contributed by atoms with E-state index >= 15 is 0 Å². The predicted octanol–water partition coefficient (Wildman–Crippen LogP) is 7.83. The molecule has 0 aliphatic carbocycles. The quantitative estimate of drug-likeness (QED) is 0.182. The number of nitrogens with zero attached hydrogens (tertiary/aromatic N) is 3. The lowest BCUT2D eigenvalue weighted by molar-refractivity contribution is 0.304. The summed E-state index contributed by atoms with van der Waals surface area (Å²) in [7, 11) is 0. The molecule has 0 radical (unpaired) electrons. The molecule has 2 aromatic heterocycles. The standard InChI is InChI=1S/C30H18BrClFN3O3/c31-24-13-19(7-11-27(24)38-17-18-5-9-22(33)10-6-18)16-34-36-29(35-25-4-2-1-3-23(25)30(36)37)28-15-20-14-21(32)8-12-26(20)39-28/h1-16H,17H2. The van der Waals surface area contributed by atoms with E-state index in [2.05, 4.69) is 21.0 Å². The summed E-state index contributed by atoms with van der Waals surface area (Å²) in [5.41, 5.74) is 2.39. The average Bonchev–Trinajstić information content (AvgIpc) is 3.36. The number of hydrogen-bond donors (Lipinski definition) is 0. The third-order valence-corrected chi connectivity index (χ3v) is 6.89. The number of para-hydroxylation sites is 1. The number of hydrogen-bond acceptors (Lipinski definition) is 5. The summed E-state index contributed by atoms with van der Waals surface area (Å²) < 4.78 is 26.9. The highest BCUT2D eigenvalue weighted by Crippen LogP contribution is 2.30. The van der Waals surface area contributed by atoms with Crippen LogP contribution in [0.4, 0.5) is 4.39 Å². The Bertz CT molecular complexity index is 1930. The molecule has 0 saturated carbocycles. The van der Waals surface area contributed by atoms with Gasteiger partial charge in [0.1, 0.15) is 23.8 Å². The maximum Gasteiger partial charge on any atom is 0.282 e. The molecule has 0 unspecified atom stereocenters. The second-order valence-electron chi connectivity index (χ2n) is 8.71. The fourth-order valence-corrected chi connectivity index (χ4v) is 4.79. The molecule has 6 aromatic rings. The highest BCUT2D eigenvalue weighted by molar-refractivity contribution is 9.10. The Hall–Kier alpha value is -4.27. The molecule has 0 spiro atoms. The fourth-order valence-electron chi connectivity index (χ4n) is 4.10. The molecule has 39 heavy (non-hydrogen) atoms. The van der Waals surface area contributed by atoms with Gasteiger partial charge in [-0.15, -0.1) is 0 Å². The van der Waals surface area contributed by atoms with Crippen LogP contribution in [0.15, 0.2) is 110 Å². The highest BCUT2D eigenvalue weighted by atomic mass is 79.9. The number of benzene rings is 4. The zero-order valence-electron chi connectivity index (χ0n) is 20.1. The number of fused-ring (bicyclic) bond motifs is 2. The van der Waals surface area contributed by atoms with E-state index in [1.165, 1.54) is 16.8 Å². The first-order valence-corrected chi connectivity index (χ1v) is 13.0. The third-order valence-electron chi connectivity index (χ3n) is 6.04. The molecule has 6 nitrogen and oxygen atoms in total. The molecule has 0 N–H and O–H groups in total. The van der Waals surface area contributed by atoms with Crippen LogP contribution in [0.5, 0.6) is 5.75 Å². The first-order valence-electron chi connectivity index (χ1n) is 11.9. The van der Waals surface area contributed by atoms with Crippen molar-refractivity contribution in [2.75, 3.05) is 0 Å². The molecule has 0 aliphatic heterocycles. The Morgan fingerprint density at radius 2 is 1.85 bits per heavy atom. The molecule has 4 aromatic carbocycles. The van der Waals surface area contributed by atoms with Crippen LogP contribution in [0.2, 0.25) is 5.02 Å². The molecule has 0 saturated heterocycles. The summed E-state index contributed by atoms with van der Waals surface area (Å²) in [6.07, 6.45) is 1.56. The zero-order valence-corrected chi connectivity index (χ0v) is 22.5. The van der Waals surface area contributed by atoms with Crippen molar-refractivity contribution < 1.29 is 13.5 Å². The lowest BCUT2D eigenvalue weighted by Crippen LogP contribution is -2.20. The largest absolute Gasteiger partial charge is 0.488 e. The van der Waals surface area contributed by atoms with E-state index in [4.69, 9.17) is 25.7 Å². The van der Waals surface area contributed by atoms with Gasteiger partial charge in [-0.25, -0.2) is 9.37 Å². The van der Waals surface area contributed by atoms with Crippen LogP contribution in [0.1, 0.15) is 11.1 Å². The Kier molecular flexibility index (Phi) is 6.72. The van der Waals surface area contributed by atoms with Crippen LogP contribution in [0.25, 0.3) is 33.5 Å². The minimum Gasteiger partial charge on any atom is -0.488 e. The van der Waals surface area contributed by atoms with E-state index in [1.54, 1.807) is 66.9 Å². The van der Waals surface area contributed by atoms with Gasteiger partial charge in [0.15, 0.2) is 5.76 Å². The van der Waals surface area contributed by atoms with Gasteiger partial charge in [-0.3, -0.25) is 4.79 Å². The monoisotopic (exact) mass is 601 g/mol. The molecular formula is C30H18BrClFN3O3. The Balaban J connectivity index is 1.35. The van der Waals surface area contributed by atoms with Crippen molar-refractivity contribution in [1.82, 2.24) is 9.66 Å². The molecule has 0 aliphatic rings. The van der Waals surface area contributed by atoms with E-state index < -0.39 is 0 Å². The lowest BCUT2D eigenvalue weighted by Gasteiger charge is -2.09. The van der Waals surface area contributed by atoms with Gasteiger partial charge < -0.3 is 9.15 Å². The number of ether oxygens (including phenoxy) is 1. The summed E-state index contributed by atoms with van der Waals surface area (Å²) in [5, 5.41) is 6.29. The number of halogens is 3. The van der Waals surface area contributed by atoms with E-state index in [0.29, 0.717) is 37.5 Å². The van der Waals surface area contributed by atoms with Crippen molar-refractivity contribution in [3.8, 4) is 17.3 Å². The SMILES string of the molecule is O=c1c2ccccc2nc(-c2cc3cc(Cl)ccc3o2)n1N=Cc1ccc(OCc2ccc(F)cc2)c(Br)c1. The minimum absolute atomic E-state index is 0.264. The van der Waals surface area contributed by atoms with Crippen LogP contribution in [0.3, 0.4) is 0 Å². The van der Waals surface area contributed by atoms with Gasteiger partial charge in [0, 0.05) is 10.4 Å². The van der Waals surface area contributed by atoms with Crippen molar-refractivity contribution in [3.63, 3.8) is 0 Å². The van der Waals surface area contributed by atoms with Crippen LogP contribution >= 0.6 is 27.5 Å². The molecule has 0 atom stereocenters. The first kappa shape index (κ1) is 25.0. The average molecular weight is 603 g/mol. The normalized spacial score (nSPS) is 11.6. The fraction of sp³-hybridized carbons (Fsp3) is 0.0333. The Morgan fingerprint density at radius 1 is 1.03 bits per heavy atom. The molecule has 2 heterocycles. The molecule has 6 rings (SSSR count). The van der Waals surface area contributed by atoms with Gasteiger partial charge in [-0.05, 0) is 93.8 Å². The zero-order chi connectivity index (χ0) is 26.9. The van der Waals surface area contributed by atoms with Crippen LogP contribution < -0.4 is 10.3 Å². The topological polar surface area (TPSA) is 69.6 Å². The van der Waals surface area contributed by atoms with Gasteiger partial charge in [0.2, 0.25) is 5.82 Å². The Morgan fingerprint density at radius 3 is 2.67 bits per heavy atom. The van der Waals surface area contributed by atoms with Gasteiger partial charge >= 0.3 is 0 Å². The summed E-state index contributed by atoms with van der Waals surface area (Å²) in [6, 6.07) is 25.7. The van der Waals surface area contributed by atoms with E-state index in [0.717, 1.165) is 16.5 Å². The smallest absolute Gasteiger partial charge is 0.282 e. The van der Waals surface area contributed by atoms with E-state index in [1.807, 2.05) is 18.2 Å². The van der Waals surface area contributed by atoms with E-state index in [9.17, 15) is 9.18 Å². The van der Waals surface area contributed by atoms with Crippen LogP contribution in [0, 0.1) is 5.82 Å². The molecule has 192 valence electrons. The summed E-state index contributed by atoms with van der Waals surface area (Å²) in [4.78, 5) is 18.2. The lowest BCUT2D eigenvalue weighted by atomic mass is 10.2. The van der Waals surface area contributed by atoms with Gasteiger partial charge in [-0.1, -0.05) is 35.9 Å². The first-order chi connectivity index (χ1) is 18.9. The van der Waals surface area contributed by atoms with Crippen LogP contribution in [-0.2, 0) is 6.61 Å². The molecule has 9 heteroatoms. The maximum atomic E-state index is 13.5. The summed E-state index contributed by atoms with van der Waals surface area (Å²) in [5.74, 6) is 0.971. The van der Waals surface area contributed by atoms with E-state index in [-0.39, 0.29) is 23.8 Å².